The number of aromatic nitrogens is 2. The first kappa shape index (κ1) is 18.7. The van der Waals surface area contributed by atoms with Crippen LogP contribution in [0, 0.1) is 0 Å². The SMILES string of the molecule is CCNC(=NCc1ncc(CC)s1)NCc1nc(C(F)(F)F)cs1. The van der Waals surface area contributed by atoms with E-state index >= 15 is 0 Å². The number of aryl methyl sites for hydroxylation is 1. The van der Waals surface area contributed by atoms with Gasteiger partial charge in [0.1, 0.15) is 10.0 Å². The molecule has 5 nitrogen and oxygen atoms in total. The molecule has 0 radical (unpaired) electrons. The summed E-state index contributed by atoms with van der Waals surface area (Å²) >= 11 is 2.58. The minimum absolute atomic E-state index is 0.185. The number of nitrogens with one attached hydrogen (secondary N) is 2. The predicted octanol–water partition coefficient (Wildman–Crippen LogP) is 3.44. The van der Waals surface area contributed by atoms with Crippen LogP contribution in [0.5, 0.6) is 0 Å². The number of nitrogens with zero attached hydrogens (tertiary/aromatic N) is 3. The fourth-order valence-electron chi connectivity index (χ4n) is 1.75. The van der Waals surface area contributed by atoms with Gasteiger partial charge in [0, 0.05) is 23.0 Å². The maximum absolute atomic E-state index is 12.5. The van der Waals surface area contributed by atoms with E-state index in [9.17, 15) is 13.2 Å². The Kier molecular flexibility index (Phi) is 6.55. The summed E-state index contributed by atoms with van der Waals surface area (Å²) in [6, 6.07) is 0. The molecule has 24 heavy (non-hydrogen) atoms. The van der Waals surface area contributed by atoms with Crippen LogP contribution in [0.4, 0.5) is 13.2 Å². The van der Waals surface area contributed by atoms with Crippen LogP contribution in [0.25, 0.3) is 0 Å². The largest absolute Gasteiger partial charge is 0.434 e. The number of thiazole rings is 2. The van der Waals surface area contributed by atoms with Gasteiger partial charge >= 0.3 is 6.18 Å². The van der Waals surface area contributed by atoms with Crippen LogP contribution in [0.3, 0.4) is 0 Å². The molecule has 132 valence electrons. The van der Waals surface area contributed by atoms with Crippen molar-refractivity contribution >= 4 is 28.6 Å². The van der Waals surface area contributed by atoms with E-state index in [4.69, 9.17) is 0 Å². The van der Waals surface area contributed by atoms with E-state index in [0.717, 1.165) is 28.1 Å². The fourth-order valence-corrected chi connectivity index (χ4v) is 3.28. The first-order chi connectivity index (χ1) is 11.4. The maximum Gasteiger partial charge on any atom is 0.434 e. The van der Waals surface area contributed by atoms with Gasteiger partial charge in [-0.2, -0.15) is 13.2 Å². The second-order valence-corrected chi connectivity index (χ2v) is 6.89. The van der Waals surface area contributed by atoms with Crippen molar-refractivity contribution in [2.75, 3.05) is 6.54 Å². The molecule has 2 heterocycles. The average Bonchev–Trinajstić information content (AvgIpc) is 3.18. The molecule has 10 heteroatoms. The first-order valence-corrected chi connectivity index (χ1v) is 9.09. The Morgan fingerprint density at radius 3 is 2.62 bits per heavy atom. The third-order valence-electron chi connectivity index (χ3n) is 2.92. The highest BCUT2D eigenvalue weighted by molar-refractivity contribution is 7.11. The summed E-state index contributed by atoms with van der Waals surface area (Å²) in [7, 11) is 0. The van der Waals surface area contributed by atoms with E-state index in [1.807, 2.05) is 13.1 Å². The molecule has 0 aliphatic heterocycles. The molecule has 0 saturated heterocycles. The standard InChI is InChI=1S/C14H18F3N5S2/c1-3-9-5-19-11(24-9)6-20-13(18-4-2)21-7-12-22-10(8-23-12)14(15,16)17/h5,8H,3-4,6-7H2,1-2H3,(H2,18,20,21). The third-order valence-corrected chi connectivity index (χ3v) is 4.89. The van der Waals surface area contributed by atoms with Crippen molar-refractivity contribution in [3.8, 4) is 0 Å². The summed E-state index contributed by atoms with van der Waals surface area (Å²) < 4.78 is 37.6. The summed E-state index contributed by atoms with van der Waals surface area (Å²) in [5.74, 6) is 0.523. The zero-order valence-corrected chi connectivity index (χ0v) is 14.9. The Bertz CT molecular complexity index is 678. The van der Waals surface area contributed by atoms with Crippen LogP contribution in [-0.2, 0) is 25.7 Å². The normalized spacial score (nSPS) is 12.5. The lowest BCUT2D eigenvalue weighted by Gasteiger charge is -2.09. The minimum Gasteiger partial charge on any atom is -0.357 e. The smallest absolute Gasteiger partial charge is 0.357 e. The molecule has 0 atom stereocenters. The molecule has 2 N–H and O–H groups in total. The topological polar surface area (TPSA) is 62.2 Å². The van der Waals surface area contributed by atoms with Crippen LogP contribution in [0.15, 0.2) is 16.6 Å². The van der Waals surface area contributed by atoms with Crippen LogP contribution in [-0.4, -0.2) is 22.5 Å². The Balaban J connectivity index is 1.95. The van der Waals surface area contributed by atoms with E-state index in [0.29, 0.717) is 24.1 Å². The molecule has 0 aliphatic rings. The third kappa shape index (κ3) is 5.45. The van der Waals surface area contributed by atoms with Crippen LogP contribution >= 0.6 is 22.7 Å². The zero-order chi connectivity index (χ0) is 17.6. The molecular formula is C14H18F3N5S2. The number of hydrogen-bond donors (Lipinski definition) is 2. The van der Waals surface area contributed by atoms with Crippen molar-refractivity contribution in [3.05, 3.63) is 32.2 Å². The van der Waals surface area contributed by atoms with Gasteiger partial charge in [0.05, 0.1) is 13.1 Å². The van der Waals surface area contributed by atoms with Crippen molar-refractivity contribution in [1.82, 2.24) is 20.6 Å². The van der Waals surface area contributed by atoms with Gasteiger partial charge in [-0.25, -0.2) is 15.0 Å². The van der Waals surface area contributed by atoms with E-state index < -0.39 is 11.9 Å². The predicted molar refractivity (Wildman–Crippen MR) is 90.3 cm³/mol. The second kappa shape index (κ2) is 8.43. The molecule has 0 spiro atoms. The number of guanidine groups is 1. The number of aliphatic imine (C=N–C) groups is 1. The van der Waals surface area contributed by atoms with E-state index in [1.165, 1.54) is 4.88 Å². The van der Waals surface area contributed by atoms with Crippen molar-refractivity contribution in [1.29, 1.82) is 0 Å². The number of halogens is 3. The molecular weight excluding hydrogens is 359 g/mol. The number of alkyl halides is 3. The van der Waals surface area contributed by atoms with Gasteiger partial charge in [-0.1, -0.05) is 6.92 Å². The van der Waals surface area contributed by atoms with Gasteiger partial charge in [0.2, 0.25) is 0 Å². The van der Waals surface area contributed by atoms with E-state index in [2.05, 4.69) is 32.5 Å². The van der Waals surface area contributed by atoms with Crippen molar-refractivity contribution in [2.45, 2.75) is 39.5 Å². The van der Waals surface area contributed by atoms with Crippen molar-refractivity contribution < 1.29 is 13.2 Å². The lowest BCUT2D eigenvalue weighted by Crippen LogP contribution is -2.36. The highest BCUT2D eigenvalue weighted by Gasteiger charge is 2.33. The highest BCUT2D eigenvalue weighted by Crippen LogP contribution is 2.29. The molecule has 0 unspecified atom stereocenters. The molecule has 2 aromatic rings. The average molecular weight is 377 g/mol. The van der Waals surface area contributed by atoms with Crippen molar-refractivity contribution in [3.63, 3.8) is 0 Å². The van der Waals surface area contributed by atoms with Gasteiger partial charge in [-0.3, -0.25) is 0 Å². The summed E-state index contributed by atoms with van der Waals surface area (Å²) in [5, 5.41) is 8.31. The Hall–Kier alpha value is -1.68. The monoisotopic (exact) mass is 377 g/mol. The molecule has 0 aromatic carbocycles. The Labute approximate surface area is 146 Å². The van der Waals surface area contributed by atoms with Crippen molar-refractivity contribution in [2.24, 2.45) is 4.99 Å². The van der Waals surface area contributed by atoms with E-state index in [-0.39, 0.29) is 6.54 Å². The Morgan fingerprint density at radius 1 is 1.25 bits per heavy atom. The van der Waals surface area contributed by atoms with Gasteiger partial charge in [-0.15, -0.1) is 22.7 Å². The van der Waals surface area contributed by atoms with Gasteiger partial charge in [0.15, 0.2) is 11.7 Å². The fraction of sp³-hybridized carbons (Fsp3) is 0.500. The number of rotatable bonds is 6. The highest BCUT2D eigenvalue weighted by atomic mass is 32.1. The second-order valence-electron chi connectivity index (χ2n) is 4.75. The quantitative estimate of drug-likeness (QED) is 0.598. The van der Waals surface area contributed by atoms with Gasteiger partial charge in [0.25, 0.3) is 0 Å². The van der Waals surface area contributed by atoms with Crippen LogP contribution in [0.2, 0.25) is 0 Å². The summed E-state index contributed by atoms with van der Waals surface area (Å²) in [4.78, 5) is 13.5. The minimum atomic E-state index is -4.41. The molecule has 0 amide bonds. The first-order valence-electron chi connectivity index (χ1n) is 7.39. The Morgan fingerprint density at radius 2 is 2.04 bits per heavy atom. The maximum atomic E-state index is 12.5. The van der Waals surface area contributed by atoms with Crippen LogP contribution < -0.4 is 10.6 Å². The molecule has 0 aliphatic carbocycles. The van der Waals surface area contributed by atoms with E-state index in [1.54, 1.807) is 11.3 Å². The summed E-state index contributed by atoms with van der Waals surface area (Å²) in [5.41, 5.74) is -0.860. The zero-order valence-electron chi connectivity index (χ0n) is 13.3. The molecule has 2 rings (SSSR count). The lowest BCUT2D eigenvalue weighted by atomic mass is 10.4. The lowest BCUT2D eigenvalue weighted by molar-refractivity contribution is -0.140. The molecule has 2 aromatic heterocycles. The summed E-state index contributed by atoms with van der Waals surface area (Å²) in [6.07, 6.45) is -1.63. The van der Waals surface area contributed by atoms with Crippen LogP contribution in [0.1, 0.15) is 34.4 Å². The summed E-state index contributed by atoms with van der Waals surface area (Å²) in [6.45, 7) is 5.24. The number of hydrogen-bond acceptors (Lipinski definition) is 5. The molecule has 0 saturated carbocycles. The van der Waals surface area contributed by atoms with Gasteiger partial charge < -0.3 is 10.6 Å². The molecule has 0 fully saturated rings. The van der Waals surface area contributed by atoms with Gasteiger partial charge in [-0.05, 0) is 13.3 Å². The molecule has 0 bridgehead atoms.